The first kappa shape index (κ1) is 15.1. The second-order valence-electron chi connectivity index (χ2n) is 4.28. The summed E-state index contributed by atoms with van der Waals surface area (Å²) in [5.41, 5.74) is 0.286. The number of amides is 1. The maximum absolute atomic E-state index is 12.2. The van der Waals surface area contributed by atoms with Crippen molar-refractivity contribution in [3.8, 4) is 5.75 Å². The van der Waals surface area contributed by atoms with Crippen molar-refractivity contribution in [3.05, 3.63) is 47.5 Å². The van der Waals surface area contributed by atoms with Crippen LogP contribution in [-0.2, 0) is 0 Å². The predicted molar refractivity (Wildman–Crippen MR) is 76.8 cm³/mol. The molecule has 7 nitrogen and oxygen atoms in total. The first-order valence-electron chi connectivity index (χ1n) is 6.26. The van der Waals surface area contributed by atoms with Gasteiger partial charge >= 0.3 is 6.61 Å². The average Bonchev–Trinajstić information content (AvgIpc) is 2.94. The molecule has 2 heterocycles. The molecule has 0 unspecified atom stereocenters. The van der Waals surface area contributed by atoms with E-state index < -0.39 is 12.5 Å². The maximum Gasteiger partial charge on any atom is 0.387 e. The molecule has 23 heavy (non-hydrogen) atoms. The molecule has 10 heteroatoms. The summed E-state index contributed by atoms with van der Waals surface area (Å²) in [5, 5.41) is 6.41. The summed E-state index contributed by atoms with van der Waals surface area (Å²) in [6, 6.07) is 5.52. The standard InChI is InChI=1S/C13H8ClF2N5O2/c14-8-6-7(2-3-9(8)23-12(15)16)18-11(22)10-19-13-17-4-1-5-21(13)20-10/h1-6,12H,(H,18,22). The highest BCUT2D eigenvalue weighted by atomic mass is 35.5. The first-order chi connectivity index (χ1) is 11.0. The fourth-order valence-corrected chi connectivity index (χ4v) is 2.01. The smallest absolute Gasteiger partial charge is 0.387 e. The van der Waals surface area contributed by atoms with Gasteiger partial charge in [-0.3, -0.25) is 4.79 Å². The lowest BCUT2D eigenvalue weighted by molar-refractivity contribution is -0.0497. The monoisotopic (exact) mass is 339 g/mol. The normalized spacial score (nSPS) is 11.0. The molecule has 0 atom stereocenters. The van der Waals surface area contributed by atoms with E-state index in [1.165, 1.54) is 28.9 Å². The summed E-state index contributed by atoms with van der Waals surface area (Å²) >= 11 is 5.81. The number of nitrogens with zero attached hydrogens (tertiary/aromatic N) is 4. The number of halogens is 3. The lowest BCUT2D eigenvalue weighted by Crippen LogP contribution is -2.14. The van der Waals surface area contributed by atoms with Gasteiger partial charge in [0.2, 0.25) is 5.82 Å². The summed E-state index contributed by atoms with van der Waals surface area (Å²) in [6.45, 7) is -2.98. The van der Waals surface area contributed by atoms with E-state index in [0.717, 1.165) is 0 Å². The van der Waals surface area contributed by atoms with Gasteiger partial charge in [-0.05, 0) is 24.3 Å². The molecule has 0 aliphatic heterocycles. The number of anilines is 1. The Morgan fingerprint density at radius 1 is 1.39 bits per heavy atom. The largest absolute Gasteiger partial charge is 0.433 e. The van der Waals surface area contributed by atoms with Crippen molar-refractivity contribution in [3.63, 3.8) is 0 Å². The van der Waals surface area contributed by atoms with Crippen molar-refractivity contribution in [2.45, 2.75) is 6.61 Å². The van der Waals surface area contributed by atoms with E-state index in [0.29, 0.717) is 0 Å². The van der Waals surface area contributed by atoms with Crippen LogP contribution in [0.4, 0.5) is 14.5 Å². The zero-order valence-corrected chi connectivity index (χ0v) is 12.0. The average molecular weight is 340 g/mol. The molecule has 2 aromatic heterocycles. The fourth-order valence-electron chi connectivity index (χ4n) is 1.79. The van der Waals surface area contributed by atoms with Gasteiger partial charge in [0, 0.05) is 18.1 Å². The fraction of sp³-hybridized carbons (Fsp3) is 0.0769. The molecule has 1 N–H and O–H groups in total. The Labute approximate surface area is 132 Å². The molecule has 3 rings (SSSR count). The van der Waals surface area contributed by atoms with Crippen LogP contribution >= 0.6 is 11.6 Å². The van der Waals surface area contributed by atoms with Gasteiger partial charge in [-0.1, -0.05) is 11.6 Å². The highest BCUT2D eigenvalue weighted by Crippen LogP contribution is 2.29. The molecule has 118 valence electrons. The SMILES string of the molecule is O=C(Nc1ccc(OC(F)F)c(Cl)c1)c1nc2ncccn2n1. The van der Waals surface area contributed by atoms with Gasteiger partial charge < -0.3 is 10.1 Å². The van der Waals surface area contributed by atoms with Crippen molar-refractivity contribution in [1.82, 2.24) is 19.6 Å². The first-order valence-corrected chi connectivity index (χ1v) is 6.64. The van der Waals surface area contributed by atoms with Crippen LogP contribution in [0.5, 0.6) is 5.75 Å². The highest BCUT2D eigenvalue weighted by molar-refractivity contribution is 6.32. The molecule has 0 spiro atoms. The zero-order chi connectivity index (χ0) is 16.4. The number of aromatic nitrogens is 4. The Balaban J connectivity index is 1.78. The molecule has 0 saturated heterocycles. The Bertz CT molecular complexity index is 837. The zero-order valence-electron chi connectivity index (χ0n) is 11.3. The number of fused-ring (bicyclic) bond motifs is 1. The molecule has 0 saturated carbocycles. The summed E-state index contributed by atoms with van der Waals surface area (Å²) in [4.78, 5) is 20.0. The lowest BCUT2D eigenvalue weighted by atomic mass is 10.3. The third-order valence-electron chi connectivity index (χ3n) is 2.73. The van der Waals surface area contributed by atoms with E-state index in [-0.39, 0.29) is 28.1 Å². The highest BCUT2D eigenvalue weighted by Gasteiger charge is 2.15. The second-order valence-corrected chi connectivity index (χ2v) is 4.68. The van der Waals surface area contributed by atoms with E-state index in [1.807, 2.05) is 0 Å². The van der Waals surface area contributed by atoms with Crippen LogP contribution in [0.1, 0.15) is 10.6 Å². The third-order valence-corrected chi connectivity index (χ3v) is 3.02. The van der Waals surface area contributed by atoms with Gasteiger partial charge in [-0.2, -0.15) is 13.8 Å². The van der Waals surface area contributed by atoms with Crippen molar-refractivity contribution in [2.75, 3.05) is 5.32 Å². The van der Waals surface area contributed by atoms with Crippen LogP contribution in [0.25, 0.3) is 5.78 Å². The van der Waals surface area contributed by atoms with Crippen LogP contribution < -0.4 is 10.1 Å². The van der Waals surface area contributed by atoms with Gasteiger partial charge in [-0.15, -0.1) is 5.10 Å². The number of carbonyl (C=O) groups is 1. The molecule has 3 aromatic rings. The number of nitrogens with one attached hydrogen (secondary N) is 1. The molecule has 0 radical (unpaired) electrons. The van der Waals surface area contributed by atoms with E-state index >= 15 is 0 Å². The predicted octanol–water partition coefficient (Wildman–Crippen LogP) is 2.63. The number of ether oxygens (including phenoxy) is 1. The number of rotatable bonds is 4. The van der Waals surface area contributed by atoms with E-state index in [1.54, 1.807) is 12.3 Å². The molecule has 0 bridgehead atoms. The minimum absolute atomic E-state index is 0.0623. The third kappa shape index (κ3) is 3.34. The minimum Gasteiger partial charge on any atom is -0.433 e. The second kappa shape index (κ2) is 6.13. The Morgan fingerprint density at radius 2 is 2.22 bits per heavy atom. The molecular weight excluding hydrogens is 332 g/mol. The van der Waals surface area contributed by atoms with Crippen molar-refractivity contribution < 1.29 is 18.3 Å². The van der Waals surface area contributed by atoms with Gasteiger partial charge in [0.15, 0.2) is 0 Å². The summed E-state index contributed by atoms with van der Waals surface area (Å²) in [7, 11) is 0. The van der Waals surface area contributed by atoms with Gasteiger partial charge in [0.1, 0.15) is 5.75 Å². The van der Waals surface area contributed by atoms with Crippen molar-refractivity contribution in [2.24, 2.45) is 0 Å². The quantitative estimate of drug-likeness (QED) is 0.790. The minimum atomic E-state index is -2.98. The summed E-state index contributed by atoms with van der Waals surface area (Å²) in [5.74, 6) is -0.590. The van der Waals surface area contributed by atoms with Crippen LogP contribution in [0, 0.1) is 0 Å². The maximum atomic E-state index is 12.2. The van der Waals surface area contributed by atoms with Gasteiger partial charge in [0.05, 0.1) is 5.02 Å². The lowest BCUT2D eigenvalue weighted by Gasteiger charge is -2.08. The van der Waals surface area contributed by atoms with Crippen molar-refractivity contribution in [1.29, 1.82) is 0 Å². The number of hydrogen-bond donors (Lipinski definition) is 1. The van der Waals surface area contributed by atoms with Crippen LogP contribution in [-0.4, -0.2) is 32.1 Å². The molecule has 0 fully saturated rings. The summed E-state index contributed by atoms with van der Waals surface area (Å²) < 4.78 is 29.9. The number of carbonyl (C=O) groups excluding carboxylic acids is 1. The molecule has 0 aliphatic carbocycles. The van der Waals surface area contributed by atoms with Gasteiger partial charge in [-0.25, -0.2) is 9.50 Å². The number of hydrogen-bond acceptors (Lipinski definition) is 5. The Hall–Kier alpha value is -2.81. The summed E-state index contributed by atoms with van der Waals surface area (Å²) in [6.07, 6.45) is 3.12. The van der Waals surface area contributed by atoms with E-state index in [9.17, 15) is 13.6 Å². The van der Waals surface area contributed by atoms with Crippen LogP contribution in [0.2, 0.25) is 5.02 Å². The molecule has 1 amide bonds. The van der Waals surface area contributed by atoms with Crippen molar-refractivity contribution >= 4 is 29.0 Å². The number of alkyl halides is 2. The molecule has 1 aromatic carbocycles. The Kier molecular flexibility index (Phi) is 4.02. The van der Waals surface area contributed by atoms with Crippen LogP contribution in [0.3, 0.4) is 0 Å². The number of benzene rings is 1. The van der Waals surface area contributed by atoms with E-state index in [4.69, 9.17) is 11.6 Å². The molecular formula is C13H8ClF2N5O2. The van der Waals surface area contributed by atoms with Gasteiger partial charge in [0.25, 0.3) is 11.7 Å². The van der Waals surface area contributed by atoms with E-state index in [2.05, 4.69) is 25.1 Å². The molecule has 0 aliphatic rings. The Morgan fingerprint density at radius 3 is 2.91 bits per heavy atom. The van der Waals surface area contributed by atoms with Crippen LogP contribution in [0.15, 0.2) is 36.7 Å². The topological polar surface area (TPSA) is 81.4 Å².